The summed E-state index contributed by atoms with van der Waals surface area (Å²) in [5.41, 5.74) is 1.76. The molecule has 0 N–H and O–H groups in total. The standard InChI is InChI=1S/C13H17BrN4/c1-9-2-3-10(6-9)4-5-18-13-12(16-17-18)7-11(14)8-15-13/h7-10H,2-6H2,1H3/t9-,10-/m0/s1. The lowest BCUT2D eigenvalue weighted by molar-refractivity contribution is 0.427. The second kappa shape index (κ2) is 4.96. The molecule has 0 unspecified atom stereocenters. The summed E-state index contributed by atoms with van der Waals surface area (Å²) in [6.07, 6.45) is 7.12. The maximum Gasteiger partial charge on any atom is 0.178 e. The zero-order valence-corrected chi connectivity index (χ0v) is 12.1. The van der Waals surface area contributed by atoms with Crippen molar-refractivity contribution in [1.29, 1.82) is 0 Å². The maximum absolute atomic E-state index is 4.39. The molecule has 0 radical (unpaired) electrons. The Morgan fingerprint density at radius 2 is 2.33 bits per heavy atom. The number of hydrogen-bond acceptors (Lipinski definition) is 3. The molecule has 96 valence electrons. The van der Waals surface area contributed by atoms with E-state index in [4.69, 9.17) is 0 Å². The highest BCUT2D eigenvalue weighted by molar-refractivity contribution is 9.10. The second-order valence-corrected chi connectivity index (χ2v) is 6.30. The SMILES string of the molecule is C[C@H]1CC[C@@H](CCn2nnc3cc(Br)cnc32)C1. The van der Waals surface area contributed by atoms with Gasteiger partial charge in [0.1, 0.15) is 5.52 Å². The van der Waals surface area contributed by atoms with Gasteiger partial charge in [-0.15, -0.1) is 5.10 Å². The Bertz CT molecular complexity index is 551. The van der Waals surface area contributed by atoms with Crippen LogP contribution in [0.25, 0.3) is 11.2 Å². The van der Waals surface area contributed by atoms with E-state index in [0.29, 0.717) is 0 Å². The van der Waals surface area contributed by atoms with Gasteiger partial charge < -0.3 is 0 Å². The average Bonchev–Trinajstić information content (AvgIpc) is 2.92. The summed E-state index contributed by atoms with van der Waals surface area (Å²) in [5, 5.41) is 8.36. The highest BCUT2D eigenvalue weighted by Gasteiger charge is 2.21. The summed E-state index contributed by atoms with van der Waals surface area (Å²) in [7, 11) is 0. The molecule has 1 fully saturated rings. The van der Waals surface area contributed by atoms with Crippen molar-refractivity contribution < 1.29 is 0 Å². The quantitative estimate of drug-likeness (QED) is 0.872. The van der Waals surface area contributed by atoms with Gasteiger partial charge in [-0.2, -0.15) is 0 Å². The predicted octanol–water partition coefficient (Wildman–Crippen LogP) is 3.42. The number of pyridine rings is 1. The molecule has 1 aliphatic rings. The number of halogens is 1. The van der Waals surface area contributed by atoms with Crippen LogP contribution in [0.2, 0.25) is 0 Å². The van der Waals surface area contributed by atoms with Crippen molar-refractivity contribution in [2.24, 2.45) is 11.8 Å². The highest BCUT2D eigenvalue weighted by Crippen LogP contribution is 2.32. The fraction of sp³-hybridized carbons (Fsp3) is 0.615. The van der Waals surface area contributed by atoms with Crippen molar-refractivity contribution in [1.82, 2.24) is 20.0 Å². The Balaban J connectivity index is 1.71. The van der Waals surface area contributed by atoms with E-state index in [9.17, 15) is 0 Å². The third-order valence-electron chi connectivity index (χ3n) is 3.87. The first-order valence-corrected chi connectivity index (χ1v) is 7.36. The van der Waals surface area contributed by atoms with Crippen LogP contribution >= 0.6 is 15.9 Å². The summed E-state index contributed by atoms with van der Waals surface area (Å²) < 4.78 is 2.89. The van der Waals surface area contributed by atoms with E-state index in [1.54, 1.807) is 6.20 Å². The summed E-state index contributed by atoms with van der Waals surface area (Å²) in [4.78, 5) is 4.39. The van der Waals surface area contributed by atoms with Gasteiger partial charge in [-0.05, 0) is 46.7 Å². The van der Waals surface area contributed by atoms with E-state index in [0.717, 1.165) is 34.0 Å². The first-order valence-electron chi connectivity index (χ1n) is 6.57. The molecule has 18 heavy (non-hydrogen) atoms. The molecule has 1 saturated carbocycles. The molecule has 0 spiro atoms. The minimum Gasteiger partial charge on any atom is -0.234 e. The van der Waals surface area contributed by atoms with E-state index in [1.807, 2.05) is 10.7 Å². The van der Waals surface area contributed by atoms with E-state index < -0.39 is 0 Å². The Morgan fingerprint density at radius 3 is 3.11 bits per heavy atom. The van der Waals surface area contributed by atoms with Crippen molar-refractivity contribution in [3.05, 3.63) is 16.7 Å². The van der Waals surface area contributed by atoms with Crippen LogP contribution in [0, 0.1) is 11.8 Å². The summed E-state index contributed by atoms with van der Waals surface area (Å²) in [6.45, 7) is 3.28. The smallest absolute Gasteiger partial charge is 0.178 e. The van der Waals surface area contributed by atoms with Gasteiger partial charge in [0.2, 0.25) is 0 Å². The lowest BCUT2D eigenvalue weighted by Gasteiger charge is -2.08. The molecule has 0 aromatic carbocycles. The third kappa shape index (κ3) is 2.41. The van der Waals surface area contributed by atoms with Crippen molar-refractivity contribution >= 4 is 27.1 Å². The van der Waals surface area contributed by atoms with Gasteiger partial charge in [-0.1, -0.05) is 25.0 Å². The zero-order chi connectivity index (χ0) is 12.5. The molecule has 2 heterocycles. The number of aryl methyl sites for hydroxylation is 1. The van der Waals surface area contributed by atoms with Crippen LogP contribution < -0.4 is 0 Å². The van der Waals surface area contributed by atoms with E-state index in [2.05, 4.69) is 38.1 Å². The third-order valence-corrected chi connectivity index (χ3v) is 4.31. The van der Waals surface area contributed by atoms with Crippen LogP contribution in [0.5, 0.6) is 0 Å². The van der Waals surface area contributed by atoms with Gasteiger partial charge in [-0.3, -0.25) is 0 Å². The molecule has 0 amide bonds. The largest absolute Gasteiger partial charge is 0.234 e. The summed E-state index contributed by atoms with van der Waals surface area (Å²) >= 11 is 3.40. The number of rotatable bonds is 3. The van der Waals surface area contributed by atoms with Crippen molar-refractivity contribution in [3.8, 4) is 0 Å². The molecule has 1 aliphatic carbocycles. The normalized spacial score (nSPS) is 23.9. The highest BCUT2D eigenvalue weighted by atomic mass is 79.9. The Morgan fingerprint density at radius 1 is 1.44 bits per heavy atom. The Kier molecular flexibility index (Phi) is 3.33. The molecule has 2 aromatic rings. The summed E-state index contributed by atoms with van der Waals surface area (Å²) in [6, 6.07) is 1.96. The molecular weight excluding hydrogens is 292 g/mol. The molecule has 5 heteroatoms. The summed E-state index contributed by atoms with van der Waals surface area (Å²) in [5.74, 6) is 1.76. The monoisotopic (exact) mass is 308 g/mol. The van der Waals surface area contributed by atoms with Crippen LogP contribution in [0.4, 0.5) is 0 Å². The van der Waals surface area contributed by atoms with Gasteiger partial charge in [-0.25, -0.2) is 9.67 Å². The molecule has 0 saturated heterocycles. The van der Waals surface area contributed by atoms with Gasteiger partial charge in [0.25, 0.3) is 0 Å². The van der Waals surface area contributed by atoms with Crippen LogP contribution in [0.15, 0.2) is 16.7 Å². The predicted molar refractivity (Wildman–Crippen MR) is 74.1 cm³/mol. The van der Waals surface area contributed by atoms with Crippen LogP contribution in [-0.4, -0.2) is 20.0 Å². The number of hydrogen-bond donors (Lipinski definition) is 0. The minimum atomic E-state index is 0.856. The lowest BCUT2D eigenvalue weighted by atomic mass is 10.0. The van der Waals surface area contributed by atoms with E-state index >= 15 is 0 Å². The van der Waals surface area contributed by atoms with Gasteiger partial charge in [0.05, 0.1) is 0 Å². The van der Waals surface area contributed by atoms with E-state index in [-0.39, 0.29) is 0 Å². The van der Waals surface area contributed by atoms with Crippen LogP contribution in [-0.2, 0) is 6.54 Å². The van der Waals surface area contributed by atoms with Gasteiger partial charge >= 0.3 is 0 Å². The average molecular weight is 309 g/mol. The second-order valence-electron chi connectivity index (χ2n) is 5.38. The number of nitrogens with zero attached hydrogens (tertiary/aromatic N) is 4. The van der Waals surface area contributed by atoms with E-state index in [1.165, 1.54) is 25.7 Å². The molecular formula is C13H17BrN4. The molecule has 2 aromatic heterocycles. The fourth-order valence-corrected chi connectivity index (χ4v) is 3.20. The van der Waals surface area contributed by atoms with Crippen molar-refractivity contribution in [2.45, 2.75) is 39.2 Å². The first kappa shape index (κ1) is 12.1. The van der Waals surface area contributed by atoms with Gasteiger partial charge in [0, 0.05) is 17.2 Å². The van der Waals surface area contributed by atoms with Crippen LogP contribution in [0.1, 0.15) is 32.6 Å². The topological polar surface area (TPSA) is 43.6 Å². The van der Waals surface area contributed by atoms with Gasteiger partial charge in [0.15, 0.2) is 5.65 Å². The minimum absolute atomic E-state index is 0.856. The van der Waals surface area contributed by atoms with Crippen LogP contribution in [0.3, 0.4) is 0 Å². The molecule has 0 bridgehead atoms. The molecule has 0 aliphatic heterocycles. The lowest BCUT2D eigenvalue weighted by Crippen LogP contribution is -2.06. The van der Waals surface area contributed by atoms with Crippen molar-refractivity contribution in [2.75, 3.05) is 0 Å². The Hall–Kier alpha value is -0.970. The molecule has 3 rings (SSSR count). The number of aromatic nitrogens is 4. The Labute approximate surface area is 115 Å². The maximum atomic E-state index is 4.39. The molecule has 2 atom stereocenters. The number of fused-ring (bicyclic) bond motifs is 1. The van der Waals surface area contributed by atoms with Crippen molar-refractivity contribution in [3.63, 3.8) is 0 Å². The molecule has 4 nitrogen and oxygen atoms in total. The zero-order valence-electron chi connectivity index (χ0n) is 10.5. The fourth-order valence-electron chi connectivity index (χ4n) is 2.88. The first-order chi connectivity index (χ1) is 8.72.